The van der Waals surface area contributed by atoms with Gasteiger partial charge in [-0.25, -0.2) is 0 Å². The Bertz CT molecular complexity index is 226. The van der Waals surface area contributed by atoms with E-state index in [4.69, 9.17) is 5.11 Å². The molecule has 2 unspecified atom stereocenters. The summed E-state index contributed by atoms with van der Waals surface area (Å²) in [6.45, 7) is 5.19. The van der Waals surface area contributed by atoms with Crippen LogP contribution in [0.5, 0.6) is 0 Å². The third-order valence-corrected chi connectivity index (χ3v) is 3.00. The normalized spacial score (nSPS) is 15.6. The Morgan fingerprint density at radius 3 is 2.92 bits per heavy atom. The number of aliphatic hydroxyl groups excluding tert-OH is 1. The molecule has 13 heavy (non-hydrogen) atoms. The molecule has 2 N–H and O–H groups in total. The summed E-state index contributed by atoms with van der Waals surface area (Å²) in [7, 11) is 0. The van der Waals surface area contributed by atoms with Gasteiger partial charge in [-0.15, -0.1) is 11.3 Å². The molecule has 0 spiro atoms. The van der Waals surface area contributed by atoms with Crippen LogP contribution in [-0.2, 0) is 6.54 Å². The molecule has 0 aliphatic carbocycles. The predicted molar refractivity (Wildman–Crippen MR) is 54.7 cm³/mol. The number of hydrogen-bond donors (Lipinski definition) is 2. The van der Waals surface area contributed by atoms with Crippen LogP contribution in [0.3, 0.4) is 0 Å². The number of nitrogens with zero attached hydrogens (tertiary/aromatic N) is 1. The van der Waals surface area contributed by atoms with E-state index < -0.39 is 0 Å². The SMILES string of the molecule is CC(CO)C(C)NCc1cncs1. The Balaban J connectivity index is 2.26. The van der Waals surface area contributed by atoms with Crippen molar-refractivity contribution in [3.05, 3.63) is 16.6 Å². The zero-order chi connectivity index (χ0) is 9.68. The minimum Gasteiger partial charge on any atom is -0.396 e. The number of hydrogen-bond acceptors (Lipinski definition) is 4. The molecule has 4 heteroatoms. The van der Waals surface area contributed by atoms with Crippen molar-refractivity contribution in [2.24, 2.45) is 5.92 Å². The Labute approximate surface area is 82.8 Å². The van der Waals surface area contributed by atoms with E-state index in [1.54, 1.807) is 11.3 Å². The van der Waals surface area contributed by atoms with Gasteiger partial charge in [-0.2, -0.15) is 0 Å². The molecular formula is C9H16N2OS. The van der Waals surface area contributed by atoms with E-state index in [1.807, 2.05) is 18.6 Å². The minimum absolute atomic E-state index is 0.233. The molecule has 0 radical (unpaired) electrons. The van der Waals surface area contributed by atoms with E-state index in [-0.39, 0.29) is 6.61 Å². The summed E-state index contributed by atoms with van der Waals surface area (Å²) >= 11 is 1.65. The highest BCUT2D eigenvalue weighted by Gasteiger charge is 2.09. The van der Waals surface area contributed by atoms with Crippen molar-refractivity contribution in [3.8, 4) is 0 Å². The fraction of sp³-hybridized carbons (Fsp3) is 0.667. The van der Waals surface area contributed by atoms with E-state index in [0.29, 0.717) is 12.0 Å². The van der Waals surface area contributed by atoms with E-state index in [9.17, 15) is 0 Å². The van der Waals surface area contributed by atoms with Gasteiger partial charge in [-0.1, -0.05) is 6.92 Å². The van der Waals surface area contributed by atoms with Crippen LogP contribution in [0.2, 0.25) is 0 Å². The van der Waals surface area contributed by atoms with E-state index in [0.717, 1.165) is 6.54 Å². The predicted octanol–water partition coefficient (Wildman–Crippen LogP) is 1.25. The first kappa shape index (κ1) is 10.6. The highest BCUT2D eigenvalue weighted by atomic mass is 32.1. The average molecular weight is 200 g/mol. The molecule has 0 bridgehead atoms. The van der Waals surface area contributed by atoms with E-state index >= 15 is 0 Å². The van der Waals surface area contributed by atoms with Crippen molar-refractivity contribution in [3.63, 3.8) is 0 Å². The number of thiazole rings is 1. The smallest absolute Gasteiger partial charge is 0.0794 e. The fourth-order valence-corrected chi connectivity index (χ4v) is 1.50. The summed E-state index contributed by atoms with van der Waals surface area (Å²) in [6, 6.07) is 0.340. The number of aliphatic hydroxyl groups is 1. The lowest BCUT2D eigenvalue weighted by Gasteiger charge is -2.18. The standard InChI is InChI=1S/C9H16N2OS/c1-7(5-12)8(2)11-4-9-3-10-6-13-9/h3,6-8,11-12H,4-5H2,1-2H3. The molecule has 1 aromatic heterocycles. The summed E-state index contributed by atoms with van der Waals surface area (Å²) < 4.78 is 0. The molecule has 0 saturated heterocycles. The molecule has 0 saturated carbocycles. The van der Waals surface area contributed by atoms with Crippen molar-refractivity contribution in [1.82, 2.24) is 10.3 Å². The van der Waals surface area contributed by atoms with Gasteiger partial charge < -0.3 is 10.4 Å². The van der Waals surface area contributed by atoms with Crippen LogP contribution in [0.15, 0.2) is 11.7 Å². The van der Waals surface area contributed by atoms with Crippen molar-refractivity contribution in [2.75, 3.05) is 6.61 Å². The zero-order valence-electron chi connectivity index (χ0n) is 8.03. The Morgan fingerprint density at radius 2 is 2.38 bits per heavy atom. The molecule has 74 valence electrons. The first-order valence-electron chi connectivity index (χ1n) is 4.45. The lowest BCUT2D eigenvalue weighted by Crippen LogP contribution is -2.33. The van der Waals surface area contributed by atoms with Gasteiger partial charge >= 0.3 is 0 Å². The largest absolute Gasteiger partial charge is 0.396 e. The van der Waals surface area contributed by atoms with Crippen LogP contribution in [0.4, 0.5) is 0 Å². The maximum absolute atomic E-state index is 8.91. The second-order valence-electron chi connectivity index (χ2n) is 3.30. The molecule has 3 nitrogen and oxygen atoms in total. The molecule has 0 aliphatic rings. The second kappa shape index (κ2) is 5.32. The number of aromatic nitrogens is 1. The van der Waals surface area contributed by atoms with Gasteiger partial charge in [0.15, 0.2) is 0 Å². The molecular weight excluding hydrogens is 184 g/mol. The highest BCUT2D eigenvalue weighted by Crippen LogP contribution is 2.07. The maximum atomic E-state index is 8.91. The van der Waals surface area contributed by atoms with Gasteiger partial charge in [0.2, 0.25) is 0 Å². The molecule has 0 aromatic carbocycles. The minimum atomic E-state index is 0.233. The summed E-state index contributed by atoms with van der Waals surface area (Å²) in [6.07, 6.45) is 1.87. The van der Waals surface area contributed by atoms with Gasteiger partial charge in [0.1, 0.15) is 0 Å². The van der Waals surface area contributed by atoms with Crippen LogP contribution >= 0.6 is 11.3 Å². The number of rotatable bonds is 5. The fourth-order valence-electron chi connectivity index (χ4n) is 0.950. The molecule has 0 aliphatic heterocycles. The van der Waals surface area contributed by atoms with Crippen LogP contribution in [0.1, 0.15) is 18.7 Å². The Morgan fingerprint density at radius 1 is 1.62 bits per heavy atom. The molecule has 1 heterocycles. The third-order valence-electron chi connectivity index (χ3n) is 2.22. The summed E-state index contributed by atoms with van der Waals surface area (Å²) in [5.41, 5.74) is 1.83. The van der Waals surface area contributed by atoms with Gasteiger partial charge in [-0.3, -0.25) is 4.98 Å². The molecule has 1 aromatic rings. The van der Waals surface area contributed by atoms with Crippen LogP contribution in [-0.4, -0.2) is 22.7 Å². The molecule has 0 fully saturated rings. The number of nitrogens with one attached hydrogen (secondary N) is 1. The monoisotopic (exact) mass is 200 g/mol. The summed E-state index contributed by atoms with van der Waals surface area (Å²) in [5, 5.41) is 12.3. The van der Waals surface area contributed by atoms with Crippen LogP contribution < -0.4 is 5.32 Å². The highest BCUT2D eigenvalue weighted by molar-refractivity contribution is 7.09. The first-order valence-corrected chi connectivity index (χ1v) is 5.33. The summed E-state index contributed by atoms with van der Waals surface area (Å²) in [5.74, 6) is 0.299. The lowest BCUT2D eigenvalue weighted by molar-refractivity contribution is 0.207. The molecule has 1 rings (SSSR count). The molecule has 2 atom stereocenters. The lowest BCUT2D eigenvalue weighted by atomic mass is 10.1. The maximum Gasteiger partial charge on any atom is 0.0794 e. The van der Waals surface area contributed by atoms with Crippen molar-refractivity contribution >= 4 is 11.3 Å². The van der Waals surface area contributed by atoms with Crippen molar-refractivity contribution < 1.29 is 5.11 Å². The van der Waals surface area contributed by atoms with E-state index in [1.165, 1.54) is 4.88 Å². The zero-order valence-corrected chi connectivity index (χ0v) is 8.84. The average Bonchev–Trinajstić information content (AvgIpc) is 2.65. The van der Waals surface area contributed by atoms with Crippen LogP contribution in [0.25, 0.3) is 0 Å². The quantitative estimate of drug-likeness (QED) is 0.752. The van der Waals surface area contributed by atoms with Crippen LogP contribution in [0, 0.1) is 5.92 Å². The molecule has 0 amide bonds. The van der Waals surface area contributed by atoms with Gasteiger partial charge in [0, 0.05) is 30.3 Å². The van der Waals surface area contributed by atoms with Gasteiger partial charge in [-0.05, 0) is 12.8 Å². The summed E-state index contributed by atoms with van der Waals surface area (Å²) in [4.78, 5) is 5.23. The van der Waals surface area contributed by atoms with Crippen molar-refractivity contribution in [2.45, 2.75) is 26.4 Å². The topological polar surface area (TPSA) is 45.1 Å². The van der Waals surface area contributed by atoms with Gasteiger partial charge in [0.25, 0.3) is 0 Å². The van der Waals surface area contributed by atoms with Crippen molar-refractivity contribution in [1.29, 1.82) is 0 Å². The van der Waals surface area contributed by atoms with E-state index in [2.05, 4.69) is 17.2 Å². The second-order valence-corrected chi connectivity index (χ2v) is 4.27. The Kier molecular flexibility index (Phi) is 4.35. The van der Waals surface area contributed by atoms with Gasteiger partial charge in [0.05, 0.1) is 5.51 Å². The third kappa shape index (κ3) is 3.42. The first-order chi connectivity index (χ1) is 6.24. The Hall–Kier alpha value is -0.450.